The van der Waals surface area contributed by atoms with E-state index in [-0.39, 0.29) is 0 Å². The van der Waals surface area contributed by atoms with Crippen LogP contribution in [0.3, 0.4) is 0 Å². The molecule has 0 rings (SSSR count). The van der Waals surface area contributed by atoms with Crippen molar-refractivity contribution in [1.82, 2.24) is 0 Å². The molecule has 0 spiro atoms. The molecule has 1 unspecified atom stereocenters. The van der Waals surface area contributed by atoms with Gasteiger partial charge in [0.25, 0.3) is 9.05 Å². The van der Waals surface area contributed by atoms with Crippen LogP contribution < -0.4 is 0 Å². The Kier molecular flexibility index (Phi) is 2.58. The normalized spacial score (nSPS) is 18.6. The molecular weight excluding hydrogens is 142 g/mol. The van der Waals surface area contributed by atoms with E-state index in [0.717, 1.165) is 0 Å². The zero-order valence-corrected chi connectivity index (χ0v) is 4.62. The van der Waals surface area contributed by atoms with Crippen molar-refractivity contribution in [2.45, 2.75) is 0 Å². The topological polar surface area (TPSA) is 79.6 Å². The molecule has 2 N–H and O–H groups in total. The van der Waals surface area contributed by atoms with E-state index in [1.165, 1.54) is 0 Å². The highest BCUT2D eigenvalue weighted by Crippen LogP contribution is 1.85. The molecule has 0 radical (unpaired) electrons. The van der Waals surface area contributed by atoms with Crippen LogP contribution in [0.5, 0.6) is 0 Å². The van der Waals surface area contributed by atoms with Gasteiger partial charge in [-0.1, -0.05) is 0 Å². The monoisotopic (exact) mass is 144 g/mol. The van der Waals surface area contributed by atoms with Crippen molar-refractivity contribution in [3.8, 4) is 0 Å². The van der Waals surface area contributed by atoms with E-state index in [1.54, 1.807) is 0 Å². The van der Waals surface area contributed by atoms with Crippen LogP contribution in [-0.4, -0.2) is 8.76 Å². The fourth-order valence-corrected chi connectivity index (χ4v) is 0.212. The zero-order valence-electron chi connectivity index (χ0n) is 2.99. The molecule has 0 aliphatic carbocycles. The van der Waals surface area contributed by atoms with Crippen molar-refractivity contribution in [2.24, 2.45) is 0 Å². The third-order valence-corrected chi connectivity index (χ3v) is 0.527. The Morgan fingerprint density at radius 3 is 2.29 bits per heavy atom. The molecule has 0 aliphatic rings. The lowest BCUT2D eigenvalue weighted by atomic mass is 13.5. The summed E-state index contributed by atoms with van der Waals surface area (Å²) in [5, 5.41) is 0. The molecule has 0 aromatic rings. The minimum Gasteiger partial charge on any atom is -0.514 e. The van der Waals surface area contributed by atoms with Gasteiger partial charge in [-0.3, -0.25) is 4.55 Å². The predicted molar refractivity (Wildman–Crippen MR) is 24.6 cm³/mol. The molecule has 7 heteroatoms. The standard InChI is InChI=1S/H2NO4S2/c1-4-5-7(2,3)6/h1H,(H,2,3,6)/q-1. The van der Waals surface area contributed by atoms with E-state index < -0.39 is 9.05 Å². The molecule has 0 aromatic heterocycles. The van der Waals surface area contributed by atoms with Crippen LogP contribution in [0.25, 0.3) is 5.90 Å². The van der Waals surface area contributed by atoms with E-state index in [9.17, 15) is 4.21 Å². The summed E-state index contributed by atoms with van der Waals surface area (Å²) in [4.78, 5) is 3.03. The molecular formula is H2NO4S2-. The summed E-state index contributed by atoms with van der Waals surface area (Å²) < 4.78 is 20.9. The first-order valence-corrected chi connectivity index (χ1v) is 3.42. The van der Waals surface area contributed by atoms with Crippen LogP contribution in [0.15, 0.2) is 0 Å². The summed E-state index contributed by atoms with van der Waals surface area (Å²) in [6.07, 6.45) is 0. The number of hydrogen-bond donors (Lipinski definition) is 1. The van der Waals surface area contributed by atoms with Gasteiger partial charge in [0.15, 0.2) is 0 Å². The van der Waals surface area contributed by atoms with Crippen LogP contribution in [0.4, 0.5) is 0 Å². The van der Waals surface area contributed by atoms with Gasteiger partial charge in [0.05, 0.1) is 0 Å². The first kappa shape index (κ1) is 7.21. The molecule has 0 bridgehead atoms. The fraction of sp³-hybridized carbons (Fsp3) is 0. The predicted octanol–water partition coefficient (Wildman–Crippen LogP) is 0.0361. The van der Waals surface area contributed by atoms with Gasteiger partial charge in [-0.05, 0) is 0 Å². The molecule has 7 heavy (non-hydrogen) atoms. The maximum atomic E-state index is 9.69. The maximum Gasteiger partial charge on any atom is 0.292 e. The Labute approximate surface area is 45.0 Å². The molecule has 1 atom stereocenters. The van der Waals surface area contributed by atoms with Crippen LogP contribution in [0.1, 0.15) is 0 Å². The number of rotatable bonds is 2. The fourth-order valence-electron chi connectivity index (χ4n) is 0.0430. The van der Waals surface area contributed by atoms with Crippen molar-refractivity contribution < 1.29 is 18.1 Å². The average Bonchev–Trinajstić information content (AvgIpc) is 1.30. The van der Waals surface area contributed by atoms with Crippen molar-refractivity contribution in [3.63, 3.8) is 0 Å². The lowest BCUT2D eigenvalue weighted by Gasteiger charge is -1.99. The van der Waals surface area contributed by atoms with Gasteiger partial charge >= 0.3 is 0 Å². The second-order valence-electron chi connectivity index (χ2n) is 0.579. The van der Waals surface area contributed by atoms with Crippen molar-refractivity contribution in [3.05, 3.63) is 5.90 Å². The van der Waals surface area contributed by atoms with Crippen molar-refractivity contribution >= 4 is 20.2 Å². The summed E-state index contributed by atoms with van der Waals surface area (Å²) in [7, 11) is -3.75. The molecule has 5 nitrogen and oxygen atoms in total. The molecule has 0 saturated heterocycles. The van der Waals surface area contributed by atoms with Gasteiger partial charge in [0.1, 0.15) is 0 Å². The molecule has 0 aromatic carbocycles. The summed E-state index contributed by atoms with van der Waals surface area (Å²) in [5.74, 6) is 5.73. The summed E-state index contributed by atoms with van der Waals surface area (Å²) in [6.45, 7) is 0. The van der Waals surface area contributed by atoms with Crippen LogP contribution in [-0.2, 0) is 29.6 Å². The SMILES string of the molecule is [NH-]OOS(=O)(O)=S. The van der Waals surface area contributed by atoms with Crippen LogP contribution in [0, 0.1) is 0 Å². The minimum absolute atomic E-state index is 3.03. The Hall–Kier alpha value is 0.210. The molecule has 0 aliphatic heterocycles. The first-order chi connectivity index (χ1) is 3.06. The third-order valence-electron chi connectivity index (χ3n) is 0.120. The van der Waals surface area contributed by atoms with Crippen LogP contribution in [0.2, 0.25) is 0 Å². The Bertz CT molecular complexity index is 123. The second-order valence-corrected chi connectivity index (χ2v) is 2.83. The average molecular weight is 144 g/mol. The quantitative estimate of drug-likeness (QED) is 0.437. The van der Waals surface area contributed by atoms with Gasteiger partial charge in [0, 0.05) is 11.2 Å². The van der Waals surface area contributed by atoms with Gasteiger partial charge in [-0.15, -0.1) is 4.33 Å². The van der Waals surface area contributed by atoms with E-state index in [0.29, 0.717) is 0 Å². The van der Waals surface area contributed by atoms with Crippen molar-refractivity contribution in [2.75, 3.05) is 0 Å². The highest BCUT2D eigenvalue weighted by molar-refractivity contribution is 8.26. The Morgan fingerprint density at radius 2 is 2.29 bits per heavy atom. The smallest absolute Gasteiger partial charge is 0.292 e. The highest BCUT2D eigenvalue weighted by Gasteiger charge is 1.92. The van der Waals surface area contributed by atoms with Crippen LogP contribution >= 0.6 is 0 Å². The van der Waals surface area contributed by atoms with Gasteiger partial charge in [-0.2, -0.15) is 4.21 Å². The maximum absolute atomic E-state index is 9.69. The van der Waals surface area contributed by atoms with Crippen molar-refractivity contribution in [1.29, 1.82) is 0 Å². The lowest BCUT2D eigenvalue weighted by molar-refractivity contribution is -0.144. The minimum atomic E-state index is -3.75. The van der Waals surface area contributed by atoms with E-state index in [4.69, 9.17) is 10.4 Å². The molecule has 44 valence electrons. The highest BCUT2D eigenvalue weighted by atomic mass is 32.9. The first-order valence-electron chi connectivity index (χ1n) is 1.05. The zero-order chi connectivity index (χ0) is 5.91. The molecule has 0 amide bonds. The molecule has 0 fully saturated rings. The van der Waals surface area contributed by atoms with Gasteiger partial charge < -0.3 is 10.9 Å². The third kappa shape index (κ3) is 6.21. The van der Waals surface area contributed by atoms with E-state index in [2.05, 4.69) is 20.5 Å². The van der Waals surface area contributed by atoms with Gasteiger partial charge in [0.2, 0.25) is 0 Å². The number of hydrogen-bond acceptors (Lipinski definition) is 4. The van der Waals surface area contributed by atoms with E-state index in [1.807, 2.05) is 0 Å². The summed E-state index contributed by atoms with van der Waals surface area (Å²) >= 11 is 3.70. The largest absolute Gasteiger partial charge is 0.514 e. The number of nitrogens with one attached hydrogen (secondary N) is 1. The lowest BCUT2D eigenvalue weighted by Crippen LogP contribution is -1.97. The Balaban J connectivity index is 3.60. The van der Waals surface area contributed by atoms with E-state index >= 15 is 0 Å². The Morgan fingerprint density at radius 1 is 1.86 bits per heavy atom. The molecule has 0 saturated carbocycles. The summed E-state index contributed by atoms with van der Waals surface area (Å²) in [5.41, 5.74) is 0. The second kappa shape index (κ2) is 2.50. The summed E-state index contributed by atoms with van der Waals surface area (Å²) in [6, 6.07) is 0. The van der Waals surface area contributed by atoms with Gasteiger partial charge in [-0.25, -0.2) is 0 Å². The molecule has 0 heterocycles.